The van der Waals surface area contributed by atoms with Gasteiger partial charge in [-0.05, 0) is 13.0 Å². The van der Waals surface area contributed by atoms with Gasteiger partial charge in [0, 0.05) is 7.11 Å². The van der Waals surface area contributed by atoms with Crippen molar-refractivity contribution in [2.24, 2.45) is 0 Å². The van der Waals surface area contributed by atoms with Crippen LogP contribution in [0.2, 0.25) is 0 Å². The molecule has 0 bridgehead atoms. The fourth-order valence-corrected chi connectivity index (χ4v) is 0.744. The van der Waals surface area contributed by atoms with Gasteiger partial charge in [-0.3, -0.25) is 4.57 Å². The number of hydrogen-bond donors (Lipinski definition) is 0. The molecule has 1 atom stereocenters. The lowest BCUT2D eigenvalue weighted by molar-refractivity contribution is 0.277. The Morgan fingerprint density at radius 2 is 2.17 bits per heavy atom. The predicted molar refractivity (Wildman–Crippen MR) is 47.0 cm³/mol. The molecule has 0 aliphatic rings. The molecule has 4 nitrogen and oxygen atoms in total. The molecular weight excluding hydrogens is 179 g/mol. The van der Waals surface area contributed by atoms with Crippen LogP contribution in [0.5, 0.6) is 0 Å². The summed E-state index contributed by atoms with van der Waals surface area (Å²) in [5.41, 5.74) is 0. The molecule has 1 unspecified atom stereocenters. The van der Waals surface area contributed by atoms with Crippen LogP contribution < -0.4 is 0 Å². The van der Waals surface area contributed by atoms with Crippen molar-refractivity contribution in [3.05, 3.63) is 24.7 Å². The third-order valence-corrected chi connectivity index (χ3v) is 1.59. The average molecular weight is 192 g/mol. The van der Waals surface area contributed by atoms with Crippen LogP contribution in [0.3, 0.4) is 0 Å². The summed E-state index contributed by atoms with van der Waals surface area (Å²) in [7, 11) is -0.962. The lowest BCUT2D eigenvalue weighted by Crippen LogP contribution is -1.81. The minimum Gasteiger partial charge on any atom is -0.473 e. The standard InChI is InChI=1S/C7H13O4P/c1-3-5-10-6-4-7-11-12(8)9-2/h3-6,12H,7H2,1-2H3/b5-3+,6-4+. The molecule has 0 aliphatic heterocycles. The Kier molecular flexibility index (Phi) is 8.12. The van der Waals surface area contributed by atoms with E-state index in [9.17, 15) is 4.57 Å². The van der Waals surface area contributed by atoms with Gasteiger partial charge in [-0.15, -0.1) is 0 Å². The van der Waals surface area contributed by atoms with E-state index in [2.05, 4.69) is 4.52 Å². The van der Waals surface area contributed by atoms with Gasteiger partial charge in [-0.25, -0.2) is 0 Å². The summed E-state index contributed by atoms with van der Waals surface area (Å²) in [5.74, 6) is 0. The van der Waals surface area contributed by atoms with E-state index in [4.69, 9.17) is 9.26 Å². The highest BCUT2D eigenvalue weighted by Gasteiger charge is 1.90. The first kappa shape index (κ1) is 11.4. The summed E-state index contributed by atoms with van der Waals surface area (Å²) in [4.78, 5) is 0. The maximum Gasteiger partial charge on any atom is 0.319 e. The minimum atomic E-state index is -2.30. The second kappa shape index (κ2) is 8.53. The summed E-state index contributed by atoms with van der Waals surface area (Å²) in [6.45, 7) is 2.07. The zero-order valence-electron chi connectivity index (χ0n) is 7.15. The normalized spacial score (nSPS) is 14.2. The van der Waals surface area contributed by atoms with E-state index >= 15 is 0 Å². The molecule has 5 heteroatoms. The highest BCUT2D eigenvalue weighted by Crippen LogP contribution is 2.20. The van der Waals surface area contributed by atoms with Gasteiger partial charge in [0.05, 0.1) is 19.1 Å². The highest BCUT2D eigenvalue weighted by atomic mass is 31.1. The first-order chi connectivity index (χ1) is 5.81. The summed E-state index contributed by atoms with van der Waals surface area (Å²) in [6, 6.07) is 0. The second-order valence-corrected chi connectivity index (χ2v) is 2.94. The molecule has 70 valence electrons. The Balaban J connectivity index is 3.30. The molecule has 0 amide bonds. The van der Waals surface area contributed by atoms with Crippen molar-refractivity contribution in [2.45, 2.75) is 6.92 Å². The van der Waals surface area contributed by atoms with Crippen molar-refractivity contribution >= 4 is 8.25 Å². The molecule has 0 aromatic rings. The van der Waals surface area contributed by atoms with Crippen LogP contribution in [-0.4, -0.2) is 13.7 Å². The first-order valence-electron chi connectivity index (χ1n) is 3.43. The van der Waals surface area contributed by atoms with Crippen LogP contribution in [0.1, 0.15) is 6.92 Å². The average Bonchev–Trinajstić information content (AvgIpc) is 2.10. The van der Waals surface area contributed by atoms with Crippen molar-refractivity contribution in [1.29, 1.82) is 0 Å². The summed E-state index contributed by atoms with van der Waals surface area (Å²) >= 11 is 0. The number of rotatable bonds is 6. The van der Waals surface area contributed by atoms with Crippen molar-refractivity contribution in [3.8, 4) is 0 Å². The molecule has 0 radical (unpaired) electrons. The van der Waals surface area contributed by atoms with E-state index < -0.39 is 8.25 Å². The Labute approximate surface area is 72.8 Å². The molecular formula is C7H13O4P. The smallest absolute Gasteiger partial charge is 0.319 e. The summed E-state index contributed by atoms with van der Waals surface area (Å²) in [5, 5.41) is 0. The van der Waals surface area contributed by atoms with Crippen LogP contribution >= 0.6 is 8.25 Å². The number of ether oxygens (including phenoxy) is 1. The molecule has 0 fully saturated rings. The molecule has 0 N–H and O–H groups in total. The quantitative estimate of drug-likeness (QED) is 0.477. The van der Waals surface area contributed by atoms with Crippen LogP contribution in [0.15, 0.2) is 24.7 Å². The molecule has 0 saturated carbocycles. The van der Waals surface area contributed by atoms with E-state index in [-0.39, 0.29) is 6.61 Å². The van der Waals surface area contributed by atoms with Crippen LogP contribution in [0.25, 0.3) is 0 Å². The molecule has 0 saturated heterocycles. The zero-order chi connectivity index (χ0) is 9.23. The van der Waals surface area contributed by atoms with Crippen molar-refractivity contribution in [3.63, 3.8) is 0 Å². The minimum absolute atomic E-state index is 0.225. The lowest BCUT2D eigenvalue weighted by Gasteiger charge is -1.96. The third-order valence-electron chi connectivity index (χ3n) is 0.854. The third kappa shape index (κ3) is 7.54. The van der Waals surface area contributed by atoms with Gasteiger partial charge >= 0.3 is 8.25 Å². The zero-order valence-corrected chi connectivity index (χ0v) is 8.15. The molecule has 0 heterocycles. The summed E-state index contributed by atoms with van der Waals surface area (Å²) < 4.78 is 24.5. The Morgan fingerprint density at radius 3 is 2.75 bits per heavy atom. The monoisotopic (exact) mass is 192 g/mol. The van der Waals surface area contributed by atoms with Crippen molar-refractivity contribution in [2.75, 3.05) is 13.7 Å². The van der Waals surface area contributed by atoms with Gasteiger partial charge in [-0.1, -0.05) is 6.08 Å². The van der Waals surface area contributed by atoms with Gasteiger partial charge in [0.15, 0.2) is 0 Å². The maximum absolute atomic E-state index is 10.6. The van der Waals surface area contributed by atoms with Crippen LogP contribution in [0.4, 0.5) is 0 Å². The van der Waals surface area contributed by atoms with Crippen LogP contribution in [0, 0.1) is 0 Å². The van der Waals surface area contributed by atoms with E-state index in [1.165, 1.54) is 19.6 Å². The Hall–Kier alpha value is -0.570. The van der Waals surface area contributed by atoms with Crippen molar-refractivity contribution in [1.82, 2.24) is 0 Å². The molecule has 0 aromatic heterocycles. The molecule has 0 aliphatic carbocycles. The fraction of sp³-hybridized carbons (Fsp3) is 0.429. The number of allylic oxidation sites excluding steroid dienone is 1. The Bertz CT molecular complexity index is 176. The van der Waals surface area contributed by atoms with Gasteiger partial charge < -0.3 is 13.8 Å². The maximum atomic E-state index is 10.6. The topological polar surface area (TPSA) is 44.8 Å². The van der Waals surface area contributed by atoms with Gasteiger partial charge in [0.1, 0.15) is 0 Å². The largest absolute Gasteiger partial charge is 0.473 e. The van der Waals surface area contributed by atoms with Crippen molar-refractivity contribution < 1.29 is 18.3 Å². The van der Waals surface area contributed by atoms with Gasteiger partial charge in [-0.2, -0.15) is 0 Å². The Morgan fingerprint density at radius 1 is 1.42 bits per heavy atom. The molecule has 0 spiro atoms. The highest BCUT2D eigenvalue weighted by molar-refractivity contribution is 7.33. The molecule has 0 rings (SSSR count). The van der Waals surface area contributed by atoms with E-state index in [1.54, 1.807) is 12.2 Å². The number of hydrogen-bond acceptors (Lipinski definition) is 4. The predicted octanol–water partition coefficient (Wildman–Crippen LogP) is 2.10. The van der Waals surface area contributed by atoms with Crippen LogP contribution in [-0.2, 0) is 18.3 Å². The molecule has 12 heavy (non-hydrogen) atoms. The van der Waals surface area contributed by atoms with Gasteiger partial charge in [0.2, 0.25) is 0 Å². The molecule has 0 aromatic carbocycles. The fourth-order valence-electron chi connectivity index (χ4n) is 0.394. The first-order valence-corrected chi connectivity index (χ1v) is 4.66. The van der Waals surface area contributed by atoms with Gasteiger partial charge in [0.25, 0.3) is 0 Å². The summed E-state index contributed by atoms with van der Waals surface area (Å²) in [6.07, 6.45) is 6.32. The van der Waals surface area contributed by atoms with E-state index in [1.807, 2.05) is 6.92 Å². The second-order valence-electron chi connectivity index (χ2n) is 1.74. The van der Waals surface area contributed by atoms with E-state index in [0.717, 1.165) is 0 Å². The SMILES string of the molecule is C/C=C/O/C=C/CO[PH](=O)OC. The lowest BCUT2D eigenvalue weighted by atomic mass is 10.7. The van der Waals surface area contributed by atoms with E-state index in [0.29, 0.717) is 0 Å².